The summed E-state index contributed by atoms with van der Waals surface area (Å²) in [5.41, 5.74) is 3.97. The molecule has 0 spiro atoms. The third-order valence-corrected chi connectivity index (χ3v) is 8.04. The van der Waals surface area contributed by atoms with Gasteiger partial charge in [0.05, 0.1) is 4.90 Å². The Labute approximate surface area is 201 Å². The van der Waals surface area contributed by atoms with E-state index in [1.54, 1.807) is 17.0 Å². The quantitative estimate of drug-likeness (QED) is 0.680. The Hall–Kier alpha value is -2.91. The van der Waals surface area contributed by atoms with Gasteiger partial charge >= 0.3 is 0 Å². The number of anilines is 2. The normalized spacial score (nSPS) is 18.2. The highest BCUT2D eigenvalue weighted by Crippen LogP contribution is 2.30. The molecule has 2 aliphatic heterocycles. The van der Waals surface area contributed by atoms with E-state index in [4.69, 9.17) is 0 Å². The molecule has 1 unspecified atom stereocenters. The lowest BCUT2D eigenvalue weighted by molar-refractivity contribution is -0.131. The molecule has 0 radical (unpaired) electrons. The van der Waals surface area contributed by atoms with Gasteiger partial charge in [-0.1, -0.05) is 12.1 Å². The van der Waals surface area contributed by atoms with Gasteiger partial charge in [-0.3, -0.25) is 9.59 Å². The van der Waals surface area contributed by atoms with Crippen LogP contribution in [0, 0.1) is 6.92 Å². The minimum Gasteiger partial charge on any atom is -0.365 e. The number of carbonyl (C=O) groups excluding carboxylic acids is 2. The molecular formula is C25H32N4O4S. The maximum atomic E-state index is 12.8. The maximum absolute atomic E-state index is 12.8. The smallest absolute Gasteiger partial charge is 0.240 e. The van der Waals surface area contributed by atoms with Crippen molar-refractivity contribution in [2.45, 2.75) is 44.6 Å². The zero-order chi connectivity index (χ0) is 24.5. The molecule has 1 N–H and O–H groups in total. The Balaban J connectivity index is 1.30. The van der Waals surface area contributed by atoms with Gasteiger partial charge in [0, 0.05) is 63.5 Å². The van der Waals surface area contributed by atoms with E-state index in [2.05, 4.69) is 41.7 Å². The summed E-state index contributed by atoms with van der Waals surface area (Å²) in [6.45, 7) is 8.24. The summed E-state index contributed by atoms with van der Waals surface area (Å²) in [6.07, 6.45) is 0.739. The highest BCUT2D eigenvalue weighted by atomic mass is 32.2. The van der Waals surface area contributed by atoms with Gasteiger partial charge < -0.3 is 14.7 Å². The number of nitrogens with one attached hydrogen (secondary N) is 1. The van der Waals surface area contributed by atoms with Gasteiger partial charge in [0.25, 0.3) is 0 Å². The van der Waals surface area contributed by atoms with Crippen LogP contribution in [0.4, 0.5) is 11.4 Å². The lowest BCUT2D eigenvalue weighted by Crippen LogP contribution is -2.54. The molecule has 2 heterocycles. The third-order valence-electron chi connectivity index (χ3n) is 6.58. The van der Waals surface area contributed by atoms with Crippen molar-refractivity contribution < 1.29 is 18.0 Å². The molecule has 1 fully saturated rings. The Kier molecular flexibility index (Phi) is 6.95. The monoisotopic (exact) mass is 484 g/mol. The molecular weight excluding hydrogens is 452 g/mol. The zero-order valence-electron chi connectivity index (χ0n) is 20.0. The van der Waals surface area contributed by atoms with Gasteiger partial charge in [-0.25, -0.2) is 13.1 Å². The highest BCUT2D eigenvalue weighted by Gasteiger charge is 2.28. The van der Waals surface area contributed by atoms with Crippen LogP contribution in [0.15, 0.2) is 47.4 Å². The highest BCUT2D eigenvalue weighted by molar-refractivity contribution is 7.89. The molecule has 0 aromatic heterocycles. The van der Waals surface area contributed by atoms with E-state index in [0.717, 1.165) is 23.5 Å². The molecule has 2 amide bonds. The molecule has 8 nitrogen and oxygen atoms in total. The summed E-state index contributed by atoms with van der Waals surface area (Å²) < 4.78 is 28.1. The summed E-state index contributed by atoms with van der Waals surface area (Å²) >= 11 is 0. The van der Waals surface area contributed by atoms with Crippen LogP contribution in [0.3, 0.4) is 0 Å². The Morgan fingerprint density at radius 1 is 1.09 bits per heavy atom. The fraction of sp³-hybridized carbons (Fsp3) is 0.440. The molecule has 2 aromatic rings. The number of benzene rings is 2. The lowest BCUT2D eigenvalue weighted by atomic mass is 10.1. The molecule has 2 aromatic carbocycles. The molecule has 9 heteroatoms. The number of nitrogens with zero attached hydrogens (tertiary/aromatic N) is 3. The zero-order valence-corrected chi connectivity index (χ0v) is 20.8. The average molecular weight is 485 g/mol. The first-order valence-electron chi connectivity index (χ1n) is 11.7. The van der Waals surface area contributed by atoms with Crippen molar-refractivity contribution in [2.75, 3.05) is 42.5 Å². The number of hydrogen-bond donors (Lipinski definition) is 1. The minimum absolute atomic E-state index is 0.0459. The number of rotatable bonds is 6. The van der Waals surface area contributed by atoms with Crippen molar-refractivity contribution in [1.29, 1.82) is 0 Å². The van der Waals surface area contributed by atoms with Crippen molar-refractivity contribution in [3.63, 3.8) is 0 Å². The van der Waals surface area contributed by atoms with Crippen LogP contribution < -0.4 is 14.5 Å². The van der Waals surface area contributed by atoms with Gasteiger partial charge in [-0.15, -0.1) is 0 Å². The van der Waals surface area contributed by atoms with E-state index in [-0.39, 0.29) is 35.7 Å². The number of aryl methyl sites for hydroxylation is 1. The second-order valence-corrected chi connectivity index (χ2v) is 10.8. The van der Waals surface area contributed by atoms with Crippen molar-refractivity contribution in [3.8, 4) is 0 Å². The Morgan fingerprint density at radius 2 is 1.88 bits per heavy atom. The minimum atomic E-state index is -3.74. The van der Waals surface area contributed by atoms with Crippen LogP contribution in [0.25, 0.3) is 0 Å². The average Bonchev–Trinajstić information content (AvgIpc) is 3.22. The number of fused-ring (bicyclic) bond motifs is 1. The van der Waals surface area contributed by atoms with Crippen LogP contribution in [-0.2, 0) is 26.0 Å². The summed E-state index contributed by atoms with van der Waals surface area (Å²) in [7, 11) is -3.74. The van der Waals surface area contributed by atoms with Crippen molar-refractivity contribution in [3.05, 3.63) is 53.6 Å². The maximum Gasteiger partial charge on any atom is 0.240 e. The fourth-order valence-corrected chi connectivity index (χ4v) is 5.86. The first-order valence-corrected chi connectivity index (χ1v) is 13.2. The molecule has 1 atom stereocenters. The molecule has 34 heavy (non-hydrogen) atoms. The van der Waals surface area contributed by atoms with Crippen LogP contribution in [0.2, 0.25) is 0 Å². The van der Waals surface area contributed by atoms with Crippen molar-refractivity contribution in [1.82, 2.24) is 9.62 Å². The summed E-state index contributed by atoms with van der Waals surface area (Å²) in [6, 6.07) is 13.3. The number of carbonyl (C=O) groups is 2. The van der Waals surface area contributed by atoms with E-state index in [9.17, 15) is 18.0 Å². The number of piperazine rings is 1. The Morgan fingerprint density at radius 3 is 2.59 bits per heavy atom. The molecule has 0 bridgehead atoms. The van der Waals surface area contributed by atoms with E-state index in [1.807, 2.05) is 11.0 Å². The standard InChI is InChI=1S/C25H32N4O4S/c1-18-5-4-6-22(15-18)28-14-13-27(17-19(28)2)25(31)9-11-26-34(32,33)23-7-8-24-21(16-23)10-12-29(24)20(3)30/h4-8,15-16,19,26H,9-14,17H2,1-3H3. The summed E-state index contributed by atoms with van der Waals surface area (Å²) in [5.74, 6) is -0.107. The Bertz CT molecular complexity index is 1200. The van der Waals surface area contributed by atoms with Crippen molar-refractivity contribution >= 4 is 33.2 Å². The second kappa shape index (κ2) is 9.76. The van der Waals surface area contributed by atoms with E-state index in [0.29, 0.717) is 26.1 Å². The lowest BCUT2D eigenvalue weighted by Gasteiger charge is -2.41. The van der Waals surface area contributed by atoms with Gasteiger partial charge in [-0.2, -0.15) is 0 Å². The third kappa shape index (κ3) is 5.10. The molecule has 182 valence electrons. The molecule has 0 saturated carbocycles. The van der Waals surface area contributed by atoms with Crippen LogP contribution in [-0.4, -0.2) is 63.9 Å². The van der Waals surface area contributed by atoms with Crippen LogP contribution in [0.1, 0.15) is 31.4 Å². The van der Waals surface area contributed by atoms with Gasteiger partial charge in [0.15, 0.2) is 0 Å². The van der Waals surface area contributed by atoms with E-state index >= 15 is 0 Å². The van der Waals surface area contributed by atoms with Gasteiger partial charge in [0.2, 0.25) is 21.8 Å². The fourth-order valence-electron chi connectivity index (χ4n) is 4.78. The molecule has 4 rings (SSSR count). The molecule has 2 aliphatic rings. The van der Waals surface area contributed by atoms with E-state index < -0.39 is 10.0 Å². The van der Waals surface area contributed by atoms with Gasteiger partial charge in [-0.05, 0) is 61.7 Å². The first-order chi connectivity index (χ1) is 16.2. The molecule has 0 aliphatic carbocycles. The summed E-state index contributed by atoms with van der Waals surface area (Å²) in [4.78, 5) is 30.4. The number of hydrogen-bond acceptors (Lipinski definition) is 5. The summed E-state index contributed by atoms with van der Waals surface area (Å²) in [5, 5.41) is 0. The first kappa shape index (κ1) is 24.2. The van der Waals surface area contributed by atoms with E-state index in [1.165, 1.54) is 18.6 Å². The largest absolute Gasteiger partial charge is 0.365 e. The molecule has 1 saturated heterocycles. The van der Waals surface area contributed by atoms with Crippen molar-refractivity contribution in [2.24, 2.45) is 0 Å². The predicted molar refractivity (Wildman–Crippen MR) is 133 cm³/mol. The topological polar surface area (TPSA) is 90.0 Å². The number of amides is 2. The van der Waals surface area contributed by atoms with Gasteiger partial charge in [0.1, 0.15) is 0 Å². The second-order valence-electron chi connectivity index (χ2n) is 9.08. The predicted octanol–water partition coefficient (Wildman–Crippen LogP) is 2.31. The SMILES string of the molecule is CC(=O)N1CCc2cc(S(=O)(=O)NCCC(=O)N3CCN(c4cccc(C)c4)C(C)C3)ccc21. The van der Waals surface area contributed by atoms with Crippen LogP contribution in [0.5, 0.6) is 0 Å². The number of sulfonamides is 1. The van der Waals surface area contributed by atoms with Crippen LogP contribution >= 0.6 is 0 Å².